The van der Waals surface area contributed by atoms with Crippen LogP contribution in [0.1, 0.15) is 17.4 Å². The van der Waals surface area contributed by atoms with Gasteiger partial charge in [0.2, 0.25) is 10.0 Å². The van der Waals surface area contributed by atoms with E-state index in [0.29, 0.717) is 12.0 Å². The van der Waals surface area contributed by atoms with Gasteiger partial charge in [0.25, 0.3) is 0 Å². The number of ether oxygens (including phenoxy) is 1. The molecule has 8 nitrogen and oxygen atoms in total. The highest BCUT2D eigenvalue weighted by Crippen LogP contribution is 2.35. The number of carbonyl (C=O) groups excluding carboxylic acids is 1. The largest absolute Gasteiger partial charge is 0.425 e. The zero-order valence-corrected chi connectivity index (χ0v) is 15.6. The number of benzene rings is 2. The van der Waals surface area contributed by atoms with Gasteiger partial charge in [0.05, 0.1) is 10.6 Å². The molecule has 9 heteroatoms. The van der Waals surface area contributed by atoms with E-state index in [1.807, 2.05) is 12.1 Å². The summed E-state index contributed by atoms with van der Waals surface area (Å²) in [6.07, 6.45) is 1.79. The molecule has 4 rings (SSSR count). The molecule has 1 aliphatic heterocycles. The van der Waals surface area contributed by atoms with Crippen LogP contribution in [0.2, 0.25) is 0 Å². The minimum atomic E-state index is -3.91. The number of sulfonamides is 1. The highest BCUT2D eigenvalue weighted by atomic mass is 32.2. The summed E-state index contributed by atoms with van der Waals surface area (Å²) in [6.45, 7) is 0.179. The summed E-state index contributed by atoms with van der Waals surface area (Å²) in [5.74, 6) is 0. The molecule has 1 amide bonds. The Labute approximate surface area is 162 Å². The fraction of sp³-hybridized carbons (Fsp3) is 0.158. The highest BCUT2D eigenvalue weighted by Gasteiger charge is 2.38. The van der Waals surface area contributed by atoms with Gasteiger partial charge in [0, 0.05) is 24.5 Å². The number of hydrogen-bond donors (Lipinski definition) is 1. The molecule has 1 aliphatic rings. The van der Waals surface area contributed by atoms with Crippen molar-refractivity contribution in [1.82, 2.24) is 14.1 Å². The first-order valence-electron chi connectivity index (χ1n) is 8.62. The summed E-state index contributed by atoms with van der Waals surface area (Å²) in [6, 6.07) is 15.4. The van der Waals surface area contributed by atoms with E-state index in [1.165, 1.54) is 16.4 Å². The molecule has 0 fully saturated rings. The molecule has 0 saturated heterocycles. The Balaban J connectivity index is 1.70. The third kappa shape index (κ3) is 3.25. The molecular formula is C19H18N4O4S. The van der Waals surface area contributed by atoms with Crippen molar-refractivity contribution in [2.24, 2.45) is 5.73 Å². The lowest BCUT2D eigenvalue weighted by molar-refractivity contribution is 0.0295. The molecule has 0 aliphatic carbocycles. The van der Waals surface area contributed by atoms with Crippen molar-refractivity contribution in [3.63, 3.8) is 0 Å². The molecule has 2 N–H and O–H groups in total. The number of rotatable bonds is 4. The molecule has 2 aromatic carbocycles. The first-order chi connectivity index (χ1) is 13.5. The number of nitrogens with two attached hydrogens (primary N) is 1. The number of primary amides is 1. The van der Waals surface area contributed by atoms with Gasteiger partial charge in [-0.25, -0.2) is 17.9 Å². The minimum absolute atomic E-state index is 0.0980. The number of amides is 1. The molecule has 3 aromatic rings. The standard InChI is InChI=1S/C19H18N4O4S/c20-19(24)27-18-17-5-2-1-4-14(17)10-13-23(18)28(25,26)16-8-6-15(7-9-16)22-12-3-11-21-22/h1-9,11-12,18H,10,13H2,(H2,20,24)/t18-/m1/s1. The van der Waals surface area contributed by atoms with Crippen LogP contribution in [0, 0.1) is 0 Å². The van der Waals surface area contributed by atoms with Gasteiger partial charge in [-0.15, -0.1) is 0 Å². The number of fused-ring (bicyclic) bond motifs is 1. The molecule has 1 aromatic heterocycles. The van der Waals surface area contributed by atoms with Gasteiger partial charge in [-0.1, -0.05) is 24.3 Å². The van der Waals surface area contributed by atoms with E-state index in [4.69, 9.17) is 10.5 Å². The second-order valence-electron chi connectivity index (χ2n) is 6.30. The predicted octanol–water partition coefficient (Wildman–Crippen LogP) is 2.21. The van der Waals surface area contributed by atoms with Gasteiger partial charge in [0.15, 0.2) is 6.23 Å². The van der Waals surface area contributed by atoms with Crippen LogP contribution in [0.3, 0.4) is 0 Å². The molecule has 2 heterocycles. The Morgan fingerprint density at radius 2 is 1.86 bits per heavy atom. The summed E-state index contributed by atoms with van der Waals surface area (Å²) in [5.41, 5.74) is 7.48. The number of nitrogens with zero attached hydrogens (tertiary/aromatic N) is 3. The van der Waals surface area contributed by atoms with E-state index in [2.05, 4.69) is 5.10 Å². The summed E-state index contributed by atoms with van der Waals surface area (Å²) in [5, 5.41) is 4.12. The van der Waals surface area contributed by atoms with Crippen LogP contribution in [0.5, 0.6) is 0 Å². The zero-order valence-electron chi connectivity index (χ0n) is 14.8. The van der Waals surface area contributed by atoms with Crippen molar-refractivity contribution < 1.29 is 17.9 Å². The van der Waals surface area contributed by atoms with E-state index >= 15 is 0 Å². The zero-order chi connectivity index (χ0) is 19.7. The van der Waals surface area contributed by atoms with Crippen LogP contribution in [-0.2, 0) is 21.2 Å². The van der Waals surface area contributed by atoms with Crippen LogP contribution < -0.4 is 5.73 Å². The third-order valence-electron chi connectivity index (χ3n) is 4.62. The molecule has 0 spiro atoms. The van der Waals surface area contributed by atoms with Gasteiger partial charge in [-0.2, -0.15) is 9.40 Å². The lowest BCUT2D eigenvalue weighted by Crippen LogP contribution is -2.42. The Morgan fingerprint density at radius 3 is 2.54 bits per heavy atom. The van der Waals surface area contributed by atoms with Crippen LogP contribution in [0.4, 0.5) is 4.79 Å². The maximum absolute atomic E-state index is 13.3. The first kappa shape index (κ1) is 18.2. The molecule has 0 bridgehead atoms. The van der Waals surface area contributed by atoms with Crippen LogP contribution >= 0.6 is 0 Å². The quantitative estimate of drug-likeness (QED) is 0.725. The summed E-state index contributed by atoms with van der Waals surface area (Å²) in [4.78, 5) is 11.5. The molecule has 1 atom stereocenters. The van der Waals surface area contributed by atoms with E-state index in [9.17, 15) is 13.2 Å². The monoisotopic (exact) mass is 398 g/mol. The highest BCUT2D eigenvalue weighted by molar-refractivity contribution is 7.89. The Bertz CT molecular complexity index is 1100. The summed E-state index contributed by atoms with van der Waals surface area (Å²) < 4.78 is 34.5. The molecule has 28 heavy (non-hydrogen) atoms. The normalized spacial score (nSPS) is 17.1. The van der Waals surface area contributed by atoms with Crippen molar-refractivity contribution >= 4 is 16.1 Å². The fourth-order valence-corrected chi connectivity index (χ4v) is 4.80. The number of aromatic nitrogens is 2. The Morgan fingerprint density at radius 1 is 1.11 bits per heavy atom. The topological polar surface area (TPSA) is 108 Å². The van der Waals surface area contributed by atoms with Crippen molar-refractivity contribution in [1.29, 1.82) is 0 Å². The van der Waals surface area contributed by atoms with E-state index in [0.717, 1.165) is 11.3 Å². The number of carbonyl (C=O) groups is 1. The maximum Gasteiger partial charge on any atom is 0.406 e. The summed E-state index contributed by atoms with van der Waals surface area (Å²) >= 11 is 0. The lowest BCUT2D eigenvalue weighted by Gasteiger charge is -2.35. The van der Waals surface area contributed by atoms with Crippen molar-refractivity contribution in [2.45, 2.75) is 17.5 Å². The smallest absolute Gasteiger partial charge is 0.406 e. The molecule has 0 radical (unpaired) electrons. The molecule has 0 saturated carbocycles. The predicted molar refractivity (Wildman–Crippen MR) is 101 cm³/mol. The van der Waals surface area contributed by atoms with Crippen LogP contribution in [-0.4, -0.2) is 35.1 Å². The van der Waals surface area contributed by atoms with Gasteiger partial charge < -0.3 is 10.5 Å². The average molecular weight is 398 g/mol. The first-order valence-corrected chi connectivity index (χ1v) is 10.1. The van der Waals surface area contributed by atoms with E-state index < -0.39 is 22.3 Å². The van der Waals surface area contributed by atoms with Gasteiger partial charge in [0.1, 0.15) is 0 Å². The second kappa shape index (κ2) is 7.10. The Kier molecular flexibility index (Phi) is 4.62. The van der Waals surface area contributed by atoms with Crippen molar-refractivity contribution in [3.05, 3.63) is 78.1 Å². The van der Waals surface area contributed by atoms with Gasteiger partial charge >= 0.3 is 6.09 Å². The molecule has 0 unspecified atom stereocenters. The van der Waals surface area contributed by atoms with Gasteiger partial charge in [-0.3, -0.25) is 0 Å². The fourth-order valence-electron chi connectivity index (χ4n) is 3.31. The van der Waals surface area contributed by atoms with Crippen molar-refractivity contribution in [3.8, 4) is 5.69 Å². The van der Waals surface area contributed by atoms with E-state index in [-0.39, 0.29) is 11.4 Å². The number of hydrogen-bond acceptors (Lipinski definition) is 5. The third-order valence-corrected chi connectivity index (χ3v) is 6.48. The van der Waals surface area contributed by atoms with Crippen molar-refractivity contribution in [2.75, 3.05) is 6.54 Å². The van der Waals surface area contributed by atoms with Gasteiger partial charge in [-0.05, 0) is 42.3 Å². The maximum atomic E-state index is 13.3. The lowest BCUT2D eigenvalue weighted by atomic mass is 10.00. The SMILES string of the molecule is NC(=O)O[C@@H]1c2ccccc2CCN1S(=O)(=O)c1ccc(-n2cccn2)cc1. The Hall–Kier alpha value is -3.17. The second-order valence-corrected chi connectivity index (χ2v) is 8.19. The van der Waals surface area contributed by atoms with E-state index in [1.54, 1.807) is 47.4 Å². The molecular weight excluding hydrogens is 380 g/mol. The average Bonchev–Trinajstić information content (AvgIpc) is 3.22. The van der Waals surface area contributed by atoms with Crippen LogP contribution in [0.15, 0.2) is 71.9 Å². The summed E-state index contributed by atoms with van der Waals surface area (Å²) in [7, 11) is -3.91. The molecule has 144 valence electrons. The van der Waals surface area contributed by atoms with Crippen LogP contribution in [0.25, 0.3) is 5.69 Å². The minimum Gasteiger partial charge on any atom is -0.425 e.